The molecule has 2 rings (SSSR count). The summed E-state index contributed by atoms with van der Waals surface area (Å²) in [5.41, 5.74) is 1.41. The Labute approximate surface area is 137 Å². The number of carbonyl (C=O) groups excluding carboxylic acids is 1. The van der Waals surface area contributed by atoms with Crippen LogP contribution in [0.1, 0.15) is 29.8 Å². The summed E-state index contributed by atoms with van der Waals surface area (Å²) < 4.78 is 1.02. The maximum atomic E-state index is 12.2. The Bertz CT molecular complexity index is 658. The van der Waals surface area contributed by atoms with Gasteiger partial charge in [0, 0.05) is 28.8 Å². The molecule has 110 valence electrons. The van der Waals surface area contributed by atoms with Crippen LogP contribution < -0.4 is 5.32 Å². The molecule has 0 saturated heterocycles. The predicted molar refractivity (Wildman–Crippen MR) is 88.7 cm³/mol. The van der Waals surface area contributed by atoms with Crippen molar-refractivity contribution >= 4 is 33.4 Å². The van der Waals surface area contributed by atoms with Gasteiger partial charge in [0.25, 0.3) is 5.91 Å². The Hall–Kier alpha value is -1.39. The lowest BCUT2D eigenvalue weighted by Gasteiger charge is -2.26. The van der Waals surface area contributed by atoms with Crippen molar-refractivity contribution in [2.75, 3.05) is 6.54 Å². The van der Waals surface area contributed by atoms with Crippen LogP contribution in [0.2, 0.25) is 5.02 Å². The molecule has 1 heterocycles. The minimum atomic E-state index is -0.189. The number of pyridine rings is 1. The Morgan fingerprint density at radius 2 is 2.14 bits per heavy atom. The fourth-order valence-corrected chi connectivity index (χ4v) is 2.57. The number of carbonyl (C=O) groups is 1. The van der Waals surface area contributed by atoms with Gasteiger partial charge in [0.2, 0.25) is 0 Å². The summed E-state index contributed by atoms with van der Waals surface area (Å²) in [5.74, 6) is -0.189. The van der Waals surface area contributed by atoms with Gasteiger partial charge in [0.05, 0.1) is 10.6 Å². The molecule has 1 amide bonds. The van der Waals surface area contributed by atoms with Crippen LogP contribution in [0.3, 0.4) is 0 Å². The van der Waals surface area contributed by atoms with Crippen molar-refractivity contribution in [3.63, 3.8) is 0 Å². The third-order valence-electron chi connectivity index (χ3n) is 3.31. The zero-order valence-corrected chi connectivity index (χ0v) is 14.2. The number of aromatic nitrogens is 1. The topological polar surface area (TPSA) is 42.0 Å². The summed E-state index contributed by atoms with van der Waals surface area (Å²) in [6.45, 7) is 4.69. The zero-order valence-electron chi connectivity index (χ0n) is 11.9. The number of hydrogen-bond acceptors (Lipinski definition) is 2. The molecule has 0 bridgehead atoms. The number of amides is 1. The van der Waals surface area contributed by atoms with Gasteiger partial charge in [-0.1, -0.05) is 53.5 Å². The highest BCUT2D eigenvalue weighted by Gasteiger charge is 2.22. The van der Waals surface area contributed by atoms with Crippen LogP contribution in [0, 0.1) is 0 Å². The molecule has 1 aromatic heterocycles. The van der Waals surface area contributed by atoms with Gasteiger partial charge in [0.15, 0.2) is 0 Å². The van der Waals surface area contributed by atoms with Crippen LogP contribution in [0.25, 0.3) is 0 Å². The molecule has 1 N–H and O–H groups in total. The van der Waals surface area contributed by atoms with Gasteiger partial charge in [0.1, 0.15) is 0 Å². The van der Waals surface area contributed by atoms with Gasteiger partial charge >= 0.3 is 0 Å². The van der Waals surface area contributed by atoms with E-state index in [-0.39, 0.29) is 11.3 Å². The van der Waals surface area contributed by atoms with E-state index in [0.717, 1.165) is 10.0 Å². The highest BCUT2D eigenvalue weighted by Crippen LogP contribution is 2.25. The second kappa shape index (κ2) is 6.58. The number of halogens is 2. The number of nitrogens with zero attached hydrogens (tertiary/aromatic N) is 1. The number of nitrogens with one attached hydrogen (secondary N) is 1. The molecule has 5 heteroatoms. The third-order valence-corrected chi connectivity index (χ3v) is 4.11. The largest absolute Gasteiger partial charge is 0.351 e. The summed E-state index contributed by atoms with van der Waals surface area (Å²) in [6, 6.07) is 9.70. The van der Waals surface area contributed by atoms with Gasteiger partial charge in [-0.05, 0) is 23.8 Å². The molecule has 0 unspecified atom stereocenters. The van der Waals surface area contributed by atoms with Gasteiger partial charge in [-0.15, -0.1) is 0 Å². The quantitative estimate of drug-likeness (QED) is 0.879. The average molecular weight is 368 g/mol. The van der Waals surface area contributed by atoms with Crippen LogP contribution in [0.15, 0.2) is 47.2 Å². The number of rotatable bonds is 4. The lowest BCUT2D eigenvalue weighted by atomic mass is 9.84. The van der Waals surface area contributed by atoms with Crippen LogP contribution in [-0.4, -0.2) is 17.4 Å². The van der Waals surface area contributed by atoms with E-state index < -0.39 is 0 Å². The van der Waals surface area contributed by atoms with Gasteiger partial charge in [-0.25, -0.2) is 0 Å². The van der Waals surface area contributed by atoms with E-state index in [2.05, 4.69) is 52.2 Å². The standard InChI is InChI=1S/C16H16BrClN2O/c1-16(2,11-4-3-5-12(17)8-11)10-20-15(21)13-6-7-19-9-14(13)18/h3-9H,10H2,1-2H3,(H,20,21). The number of hydrogen-bond donors (Lipinski definition) is 1. The lowest BCUT2D eigenvalue weighted by Crippen LogP contribution is -2.36. The monoisotopic (exact) mass is 366 g/mol. The van der Waals surface area contributed by atoms with Crippen LogP contribution in [0.4, 0.5) is 0 Å². The lowest BCUT2D eigenvalue weighted by molar-refractivity contribution is 0.0945. The molecule has 0 atom stereocenters. The van der Waals surface area contributed by atoms with E-state index in [1.54, 1.807) is 12.3 Å². The van der Waals surface area contributed by atoms with Crippen LogP contribution >= 0.6 is 27.5 Å². The Balaban J connectivity index is 2.08. The molecule has 0 saturated carbocycles. The summed E-state index contributed by atoms with van der Waals surface area (Å²) in [7, 11) is 0. The molecular weight excluding hydrogens is 352 g/mol. The summed E-state index contributed by atoms with van der Waals surface area (Å²) in [5, 5.41) is 3.29. The van der Waals surface area contributed by atoms with Crippen molar-refractivity contribution in [1.29, 1.82) is 0 Å². The van der Waals surface area contributed by atoms with Crippen molar-refractivity contribution in [2.45, 2.75) is 19.3 Å². The Morgan fingerprint density at radius 1 is 1.38 bits per heavy atom. The van der Waals surface area contributed by atoms with Crippen LogP contribution in [-0.2, 0) is 5.41 Å². The highest BCUT2D eigenvalue weighted by atomic mass is 79.9. The SMILES string of the molecule is CC(C)(CNC(=O)c1ccncc1Cl)c1cccc(Br)c1. The second-order valence-corrected chi connectivity index (χ2v) is 6.76. The van der Waals surface area contributed by atoms with E-state index in [1.165, 1.54) is 6.20 Å². The van der Waals surface area contributed by atoms with E-state index in [4.69, 9.17) is 11.6 Å². The molecule has 3 nitrogen and oxygen atoms in total. The first kappa shape index (κ1) is 16.0. The summed E-state index contributed by atoms with van der Waals surface area (Å²) in [6.07, 6.45) is 3.02. The molecule has 1 aromatic carbocycles. The Morgan fingerprint density at radius 3 is 2.81 bits per heavy atom. The van der Waals surface area contributed by atoms with Gasteiger partial charge < -0.3 is 5.32 Å². The fraction of sp³-hybridized carbons (Fsp3) is 0.250. The normalized spacial score (nSPS) is 11.2. The van der Waals surface area contributed by atoms with E-state index in [1.807, 2.05) is 12.1 Å². The molecule has 0 fully saturated rings. The fourth-order valence-electron chi connectivity index (χ4n) is 1.97. The average Bonchev–Trinajstić information content (AvgIpc) is 2.45. The first-order valence-corrected chi connectivity index (χ1v) is 7.71. The van der Waals surface area contributed by atoms with Gasteiger partial charge in [-0.2, -0.15) is 0 Å². The van der Waals surface area contributed by atoms with E-state index in [9.17, 15) is 4.79 Å². The maximum absolute atomic E-state index is 12.2. The third kappa shape index (κ3) is 4.05. The molecule has 0 radical (unpaired) electrons. The molecular formula is C16H16BrClN2O. The second-order valence-electron chi connectivity index (χ2n) is 5.43. The van der Waals surface area contributed by atoms with E-state index in [0.29, 0.717) is 17.1 Å². The minimum absolute atomic E-state index is 0.182. The van der Waals surface area contributed by atoms with Crippen molar-refractivity contribution in [1.82, 2.24) is 10.3 Å². The molecule has 21 heavy (non-hydrogen) atoms. The zero-order chi connectivity index (χ0) is 15.5. The first-order chi connectivity index (χ1) is 9.90. The summed E-state index contributed by atoms with van der Waals surface area (Å²) in [4.78, 5) is 16.1. The first-order valence-electron chi connectivity index (χ1n) is 6.54. The highest BCUT2D eigenvalue weighted by molar-refractivity contribution is 9.10. The maximum Gasteiger partial charge on any atom is 0.252 e. The minimum Gasteiger partial charge on any atom is -0.351 e. The molecule has 0 aliphatic heterocycles. The summed E-state index contributed by atoms with van der Waals surface area (Å²) >= 11 is 9.45. The smallest absolute Gasteiger partial charge is 0.252 e. The molecule has 0 aliphatic carbocycles. The van der Waals surface area contributed by atoms with E-state index >= 15 is 0 Å². The Kier molecular flexibility index (Phi) is 5.01. The molecule has 0 spiro atoms. The van der Waals surface area contributed by atoms with Crippen molar-refractivity contribution in [3.05, 3.63) is 63.3 Å². The van der Waals surface area contributed by atoms with Gasteiger partial charge in [-0.3, -0.25) is 9.78 Å². The van der Waals surface area contributed by atoms with Crippen molar-refractivity contribution in [3.8, 4) is 0 Å². The van der Waals surface area contributed by atoms with Crippen molar-refractivity contribution < 1.29 is 4.79 Å². The number of benzene rings is 1. The molecule has 2 aromatic rings. The van der Waals surface area contributed by atoms with Crippen LogP contribution in [0.5, 0.6) is 0 Å². The van der Waals surface area contributed by atoms with Crippen molar-refractivity contribution in [2.24, 2.45) is 0 Å². The molecule has 0 aliphatic rings. The predicted octanol–water partition coefficient (Wildman–Crippen LogP) is 4.21.